The van der Waals surface area contributed by atoms with Crippen molar-refractivity contribution in [2.24, 2.45) is 0 Å². The van der Waals surface area contributed by atoms with E-state index in [1.54, 1.807) is 28.9 Å². The van der Waals surface area contributed by atoms with Crippen molar-refractivity contribution in [2.75, 3.05) is 5.73 Å². The van der Waals surface area contributed by atoms with E-state index < -0.39 is 0 Å². The van der Waals surface area contributed by atoms with Gasteiger partial charge in [0.25, 0.3) is 0 Å². The monoisotopic (exact) mass is 260 g/mol. The zero-order valence-electron chi connectivity index (χ0n) is 9.21. The average molecular weight is 261 g/mol. The SMILES string of the molecule is Nc1nc2ccc(-c3cc(O)ccc3Cl)cn2n1. The van der Waals surface area contributed by atoms with Gasteiger partial charge in [-0.05, 0) is 30.3 Å². The van der Waals surface area contributed by atoms with E-state index in [1.807, 2.05) is 6.07 Å². The Balaban J connectivity index is 2.21. The molecule has 0 aliphatic carbocycles. The number of phenols is 1. The van der Waals surface area contributed by atoms with Gasteiger partial charge in [-0.15, -0.1) is 5.10 Å². The molecule has 18 heavy (non-hydrogen) atoms. The van der Waals surface area contributed by atoms with E-state index in [2.05, 4.69) is 10.1 Å². The summed E-state index contributed by atoms with van der Waals surface area (Å²) in [5.74, 6) is 0.377. The van der Waals surface area contributed by atoms with E-state index in [1.165, 1.54) is 6.07 Å². The molecule has 0 fully saturated rings. The van der Waals surface area contributed by atoms with Crippen molar-refractivity contribution < 1.29 is 5.11 Å². The molecule has 2 aromatic heterocycles. The van der Waals surface area contributed by atoms with Gasteiger partial charge >= 0.3 is 0 Å². The molecule has 3 N–H and O–H groups in total. The third kappa shape index (κ3) is 1.74. The molecule has 0 saturated heterocycles. The number of nitrogen functional groups attached to an aromatic ring is 1. The quantitative estimate of drug-likeness (QED) is 0.704. The number of aromatic hydroxyl groups is 1. The fourth-order valence-corrected chi connectivity index (χ4v) is 2.02. The first-order valence-corrected chi connectivity index (χ1v) is 5.62. The van der Waals surface area contributed by atoms with Crippen molar-refractivity contribution >= 4 is 23.2 Å². The van der Waals surface area contributed by atoms with Gasteiger partial charge in [0, 0.05) is 22.3 Å². The van der Waals surface area contributed by atoms with Crippen LogP contribution < -0.4 is 5.73 Å². The van der Waals surface area contributed by atoms with Crippen LogP contribution in [0.4, 0.5) is 5.95 Å². The summed E-state index contributed by atoms with van der Waals surface area (Å²) >= 11 is 6.11. The second-order valence-corrected chi connectivity index (χ2v) is 4.26. The van der Waals surface area contributed by atoms with Crippen LogP contribution in [0, 0.1) is 0 Å². The molecule has 0 spiro atoms. The summed E-state index contributed by atoms with van der Waals surface area (Å²) in [6.07, 6.45) is 1.76. The summed E-state index contributed by atoms with van der Waals surface area (Å²) in [5, 5.41) is 14.1. The van der Waals surface area contributed by atoms with Crippen LogP contribution in [0.15, 0.2) is 36.5 Å². The minimum absolute atomic E-state index is 0.160. The fourth-order valence-electron chi connectivity index (χ4n) is 1.79. The van der Waals surface area contributed by atoms with Crippen LogP contribution in [0.5, 0.6) is 5.75 Å². The predicted molar refractivity (Wildman–Crippen MR) is 69.5 cm³/mol. The van der Waals surface area contributed by atoms with E-state index in [9.17, 15) is 5.11 Å². The van der Waals surface area contributed by atoms with Crippen LogP contribution in [-0.4, -0.2) is 19.7 Å². The van der Waals surface area contributed by atoms with Gasteiger partial charge in [0.15, 0.2) is 5.65 Å². The number of fused-ring (bicyclic) bond motifs is 1. The molecule has 0 aliphatic heterocycles. The van der Waals surface area contributed by atoms with Crippen LogP contribution >= 0.6 is 11.6 Å². The number of nitrogens with two attached hydrogens (primary N) is 1. The van der Waals surface area contributed by atoms with Crippen LogP contribution in [0.3, 0.4) is 0 Å². The topological polar surface area (TPSA) is 76.4 Å². The van der Waals surface area contributed by atoms with E-state index in [-0.39, 0.29) is 11.7 Å². The summed E-state index contributed by atoms with van der Waals surface area (Å²) in [4.78, 5) is 4.04. The number of hydrogen-bond acceptors (Lipinski definition) is 4. The molecule has 0 amide bonds. The molecule has 0 bridgehead atoms. The maximum Gasteiger partial charge on any atom is 0.240 e. The summed E-state index contributed by atoms with van der Waals surface area (Å²) in [5.41, 5.74) is 7.74. The lowest BCUT2D eigenvalue weighted by Crippen LogP contribution is -1.90. The largest absolute Gasteiger partial charge is 0.508 e. The Labute approximate surface area is 107 Å². The Bertz CT molecular complexity index is 738. The third-order valence-electron chi connectivity index (χ3n) is 2.61. The highest BCUT2D eigenvalue weighted by atomic mass is 35.5. The van der Waals surface area contributed by atoms with E-state index >= 15 is 0 Å². The summed E-state index contributed by atoms with van der Waals surface area (Å²) in [6.45, 7) is 0. The van der Waals surface area contributed by atoms with Gasteiger partial charge in [0.05, 0.1) is 0 Å². The second-order valence-electron chi connectivity index (χ2n) is 3.85. The number of benzene rings is 1. The minimum Gasteiger partial charge on any atom is -0.508 e. The molecule has 0 saturated carbocycles. The smallest absolute Gasteiger partial charge is 0.240 e. The molecule has 90 valence electrons. The number of aromatic nitrogens is 3. The zero-order chi connectivity index (χ0) is 12.7. The minimum atomic E-state index is 0.160. The normalized spacial score (nSPS) is 10.9. The number of rotatable bonds is 1. The Morgan fingerprint density at radius 3 is 2.89 bits per heavy atom. The highest BCUT2D eigenvalue weighted by molar-refractivity contribution is 6.33. The van der Waals surface area contributed by atoms with E-state index in [0.717, 1.165) is 11.1 Å². The third-order valence-corrected chi connectivity index (χ3v) is 2.94. The van der Waals surface area contributed by atoms with Gasteiger partial charge in [0.2, 0.25) is 5.95 Å². The second kappa shape index (κ2) is 3.89. The lowest BCUT2D eigenvalue weighted by molar-refractivity contribution is 0.475. The molecule has 0 unspecified atom stereocenters. The van der Waals surface area contributed by atoms with Crippen LogP contribution in [0.25, 0.3) is 16.8 Å². The Morgan fingerprint density at radius 1 is 1.22 bits per heavy atom. The van der Waals surface area contributed by atoms with Crippen molar-refractivity contribution in [2.45, 2.75) is 0 Å². The molecule has 2 heterocycles. The number of anilines is 1. The Kier molecular flexibility index (Phi) is 2.34. The number of halogens is 1. The van der Waals surface area contributed by atoms with Gasteiger partial charge < -0.3 is 10.8 Å². The lowest BCUT2D eigenvalue weighted by atomic mass is 10.1. The number of hydrogen-bond donors (Lipinski definition) is 2. The number of pyridine rings is 1. The van der Waals surface area contributed by atoms with Crippen molar-refractivity contribution in [3.63, 3.8) is 0 Å². The maximum atomic E-state index is 9.50. The molecule has 0 aliphatic rings. The molecule has 1 aromatic carbocycles. The molecule has 3 rings (SSSR count). The summed E-state index contributed by atoms with van der Waals surface area (Å²) < 4.78 is 1.57. The standard InChI is InChI=1S/C12H9ClN4O/c13-10-3-2-8(18)5-9(10)7-1-4-11-15-12(14)16-17(11)6-7/h1-6,18H,(H2,14,16). The lowest BCUT2D eigenvalue weighted by Gasteiger charge is -2.05. The van der Waals surface area contributed by atoms with Gasteiger partial charge in [-0.2, -0.15) is 4.98 Å². The van der Waals surface area contributed by atoms with Crippen LogP contribution in [0.1, 0.15) is 0 Å². The van der Waals surface area contributed by atoms with Crippen molar-refractivity contribution in [3.8, 4) is 16.9 Å². The van der Waals surface area contributed by atoms with Crippen molar-refractivity contribution in [3.05, 3.63) is 41.6 Å². The first-order valence-electron chi connectivity index (χ1n) is 5.24. The summed E-state index contributed by atoms with van der Waals surface area (Å²) in [6, 6.07) is 8.43. The summed E-state index contributed by atoms with van der Waals surface area (Å²) in [7, 11) is 0. The molecular weight excluding hydrogens is 252 g/mol. The Morgan fingerprint density at radius 2 is 2.06 bits per heavy atom. The zero-order valence-corrected chi connectivity index (χ0v) is 9.96. The fraction of sp³-hybridized carbons (Fsp3) is 0. The highest BCUT2D eigenvalue weighted by Crippen LogP contribution is 2.31. The maximum absolute atomic E-state index is 9.50. The first-order chi connectivity index (χ1) is 8.63. The van der Waals surface area contributed by atoms with E-state index in [0.29, 0.717) is 10.7 Å². The van der Waals surface area contributed by atoms with Gasteiger partial charge in [-0.25, -0.2) is 4.52 Å². The van der Waals surface area contributed by atoms with Crippen molar-refractivity contribution in [1.29, 1.82) is 0 Å². The number of nitrogens with zero attached hydrogens (tertiary/aromatic N) is 3. The highest BCUT2D eigenvalue weighted by Gasteiger charge is 2.07. The number of phenolic OH excluding ortho intramolecular Hbond substituents is 1. The molecule has 0 radical (unpaired) electrons. The van der Waals surface area contributed by atoms with Gasteiger partial charge in [-0.1, -0.05) is 11.6 Å². The Hall–Kier alpha value is -2.27. The van der Waals surface area contributed by atoms with Gasteiger partial charge in [0.1, 0.15) is 5.75 Å². The van der Waals surface area contributed by atoms with Gasteiger partial charge in [-0.3, -0.25) is 0 Å². The van der Waals surface area contributed by atoms with E-state index in [4.69, 9.17) is 17.3 Å². The molecular formula is C12H9ClN4O. The van der Waals surface area contributed by atoms with Crippen molar-refractivity contribution in [1.82, 2.24) is 14.6 Å². The molecule has 3 aromatic rings. The molecule has 0 atom stereocenters. The first kappa shape index (κ1) is 10.9. The molecule has 6 heteroatoms. The van der Waals surface area contributed by atoms with Crippen LogP contribution in [0.2, 0.25) is 5.02 Å². The average Bonchev–Trinajstić information content (AvgIpc) is 2.71. The van der Waals surface area contributed by atoms with Crippen LogP contribution in [-0.2, 0) is 0 Å². The molecule has 5 nitrogen and oxygen atoms in total. The predicted octanol–water partition coefficient (Wildman–Crippen LogP) is 2.34.